The summed E-state index contributed by atoms with van der Waals surface area (Å²) in [6.07, 6.45) is 0.551. The van der Waals surface area contributed by atoms with Gasteiger partial charge in [0, 0.05) is 19.5 Å². The molecule has 6 heteroatoms. The standard InChI is InChI=1S/C15H25NO5/c1-9(15(2,3)4)7-12(17)16-6-5-10(13(18)19)11(8-16)14(20)21/h9-11H,5-8H2,1-4H3,(H,18,19)(H,20,21). The van der Waals surface area contributed by atoms with Crippen LogP contribution < -0.4 is 0 Å². The fourth-order valence-electron chi connectivity index (χ4n) is 2.42. The molecule has 1 aliphatic rings. The highest BCUT2D eigenvalue weighted by molar-refractivity contribution is 5.82. The van der Waals surface area contributed by atoms with Crippen molar-refractivity contribution in [3.05, 3.63) is 0 Å². The van der Waals surface area contributed by atoms with Gasteiger partial charge < -0.3 is 15.1 Å². The van der Waals surface area contributed by atoms with Gasteiger partial charge in [-0.2, -0.15) is 0 Å². The molecule has 1 fully saturated rings. The summed E-state index contributed by atoms with van der Waals surface area (Å²) >= 11 is 0. The molecule has 0 aliphatic carbocycles. The Morgan fingerprint density at radius 2 is 1.67 bits per heavy atom. The maximum atomic E-state index is 12.3. The van der Waals surface area contributed by atoms with Crippen LogP contribution in [0.25, 0.3) is 0 Å². The number of likely N-dealkylation sites (tertiary alicyclic amines) is 1. The van der Waals surface area contributed by atoms with Crippen molar-refractivity contribution in [1.82, 2.24) is 4.90 Å². The van der Waals surface area contributed by atoms with E-state index in [0.717, 1.165) is 0 Å². The lowest BCUT2D eigenvalue weighted by atomic mass is 9.79. The average molecular weight is 299 g/mol. The highest BCUT2D eigenvalue weighted by Gasteiger charge is 2.40. The minimum Gasteiger partial charge on any atom is -0.481 e. The number of piperidine rings is 1. The molecule has 1 amide bonds. The Hall–Kier alpha value is -1.59. The van der Waals surface area contributed by atoms with Crippen LogP contribution in [0, 0.1) is 23.2 Å². The van der Waals surface area contributed by atoms with Gasteiger partial charge in [-0.25, -0.2) is 0 Å². The van der Waals surface area contributed by atoms with E-state index in [0.29, 0.717) is 13.0 Å². The van der Waals surface area contributed by atoms with Gasteiger partial charge in [0.15, 0.2) is 0 Å². The minimum atomic E-state index is -1.15. The van der Waals surface area contributed by atoms with E-state index in [4.69, 9.17) is 10.2 Å². The third kappa shape index (κ3) is 4.44. The zero-order chi connectivity index (χ0) is 16.4. The van der Waals surface area contributed by atoms with Crippen molar-refractivity contribution in [2.75, 3.05) is 13.1 Å². The van der Waals surface area contributed by atoms with Gasteiger partial charge in [-0.15, -0.1) is 0 Å². The van der Waals surface area contributed by atoms with E-state index in [2.05, 4.69) is 20.8 Å². The van der Waals surface area contributed by atoms with Crippen molar-refractivity contribution in [3.63, 3.8) is 0 Å². The van der Waals surface area contributed by atoms with Crippen LogP contribution in [0.15, 0.2) is 0 Å². The molecule has 0 bridgehead atoms. The number of carboxylic acids is 2. The van der Waals surface area contributed by atoms with Gasteiger partial charge in [0.1, 0.15) is 0 Å². The third-order valence-corrected chi connectivity index (χ3v) is 4.56. The quantitative estimate of drug-likeness (QED) is 0.823. The molecule has 0 spiro atoms. The molecular weight excluding hydrogens is 274 g/mol. The molecule has 0 aromatic heterocycles. The summed E-state index contributed by atoms with van der Waals surface area (Å²) in [6.45, 7) is 8.47. The Morgan fingerprint density at radius 3 is 2.10 bits per heavy atom. The molecule has 3 unspecified atom stereocenters. The molecule has 1 heterocycles. The van der Waals surface area contributed by atoms with Gasteiger partial charge in [0.25, 0.3) is 0 Å². The molecule has 120 valence electrons. The van der Waals surface area contributed by atoms with Crippen LogP contribution in [0.3, 0.4) is 0 Å². The topological polar surface area (TPSA) is 94.9 Å². The fourth-order valence-corrected chi connectivity index (χ4v) is 2.42. The van der Waals surface area contributed by atoms with Gasteiger partial charge in [0.05, 0.1) is 11.8 Å². The molecule has 1 saturated heterocycles. The van der Waals surface area contributed by atoms with Gasteiger partial charge in [-0.1, -0.05) is 27.7 Å². The van der Waals surface area contributed by atoms with E-state index in [1.165, 1.54) is 4.90 Å². The average Bonchev–Trinajstić information content (AvgIpc) is 2.36. The van der Waals surface area contributed by atoms with Crippen LogP contribution in [-0.4, -0.2) is 46.0 Å². The third-order valence-electron chi connectivity index (χ3n) is 4.56. The number of hydrogen-bond donors (Lipinski definition) is 2. The molecule has 0 radical (unpaired) electrons. The molecule has 21 heavy (non-hydrogen) atoms. The summed E-state index contributed by atoms with van der Waals surface area (Å²) < 4.78 is 0. The Morgan fingerprint density at radius 1 is 1.14 bits per heavy atom. The molecule has 2 N–H and O–H groups in total. The first-order valence-corrected chi connectivity index (χ1v) is 7.27. The van der Waals surface area contributed by atoms with E-state index in [9.17, 15) is 14.4 Å². The zero-order valence-corrected chi connectivity index (χ0v) is 13.1. The molecule has 1 rings (SSSR count). The van der Waals surface area contributed by atoms with Crippen molar-refractivity contribution in [2.45, 2.75) is 40.5 Å². The van der Waals surface area contributed by atoms with E-state index >= 15 is 0 Å². The number of aliphatic carboxylic acids is 2. The smallest absolute Gasteiger partial charge is 0.309 e. The number of carbonyl (C=O) groups is 3. The molecule has 6 nitrogen and oxygen atoms in total. The summed E-state index contributed by atoms with van der Waals surface area (Å²) in [6, 6.07) is 0. The number of carboxylic acid groups (broad SMARTS) is 2. The monoisotopic (exact) mass is 299 g/mol. The molecule has 3 atom stereocenters. The van der Waals surface area contributed by atoms with E-state index in [1.807, 2.05) is 6.92 Å². The van der Waals surface area contributed by atoms with Crippen LogP contribution in [-0.2, 0) is 14.4 Å². The van der Waals surface area contributed by atoms with Crippen LogP contribution >= 0.6 is 0 Å². The van der Waals surface area contributed by atoms with E-state index < -0.39 is 23.8 Å². The lowest BCUT2D eigenvalue weighted by molar-refractivity contribution is -0.159. The van der Waals surface area contributed by atoms with Crippen molar-refractivity contribution in [2.24, 2.45) is 23.2 Å². The van der Waals surface area contributed by atoms with Crippen molar-refractivity contribution < 1.29 is 24.6 Å². The van der Waals surface area contributed by atoms with Gasteiger partial charge in [-0.05, 0) is 17.8 Å². The van der Waals surface area contributed by atoms with Crippen LogP contribution in [0.1, 0.15) is 40.5 Å². The van der Waals surface area contributed by atoms with Gasteiger partial charge in [-0.3, -0.25) is 14.4 Å². The number of rotatable bonds is 4. The predicted molar refractivity (Wildman–Crippen MR) is 76.7 cm³/mol. The van der Waals surface area contributed by atoms with E-state index in [-0.39, 0.29) is 30.2 Å². The lowest BCUT2D eigenvalue weighted by Crippen LogP contribution is -2.49. The summed E-state index contributed by atoms with van der Waals surface area (Å²) in [5, 5.41) is 18.2. The Labute approximate surface area is 125 Å². The summed E-state index contributed by atoms with van der Waals surface area (Å²) in [4.78, 5) is 36.1. The largest absolute Gasteiger partial charge is 0.481 e. The highest BCUT2D eigenvalue weighted by atomic mass is 16.4. The number of hydrogen-bond acceptors (Lipinski definition) is 3. The Kier molecular flexibility index (Phi) is 5.36. The number of amides is 1. The second kappa shape index (κ2) is 6.45. The van der Waals surface area contributed by atoms with Crippen LogP contribution in [0.4, 0.5) is 0 Å². The SMILES string of the molecule is CC(CC(=O)N1CCC(C(=O)O)C(C(=O)O)C1)C(C)(C)C. The molecule has 0 saturated carbocycles. The molecule has 1 aliphatic heterocycles. The van der Waals surface area contributed by atoms with Crippen molar-refractivity contribution >= 4 is 17.8 Å². The maximum Gasteiger partial charge on any atom is 0.309 e. The fraction of sp³-hybridized carbons (Fsp3) is 0.800. The molecular formula is C15H25NO5. The summed E-state index contributed by atoms with van der Waals surface area (Å²) in [5.74, 6) is -4.10. The van der Waals surface area contributed by atoms with Crippen LogP contribution in [0.5, 0.6) is 0 Å². The van der Waals surface area contributed by atoms with E-state index in [1.54, 1.807) is 0 Å². The highest BCUT2D eigenvalue weighted by Crippen LogP contribution is 2.30. The minimum absolute atomic E-state index is 0.00124. The van der Waals surface area contributed by atoms with Gasteiger partial charge >= 0.3 is 11.9 Å². The first-order chi connectivity index (χ1) is 9.54. The summed E-state index contributed by atoms with van der Waals surface area (Å²) in [5.41, 5.74) is 0.00124. The first-order valence-electron chi connectivity index (χ1n) is 7.27. The number of nitrogens with zero attached hydrogens (tertiary/aromatic N) is 1. The second-order valence-electron chi connectivity index (χ2n) is 6.99. The Balaban J connectivity index is 2.72. The first kappa shape index (κ1) is 17.5. The maximum absolute atomic E-state index is 12.3. The zero-order valence-electron chi connectivity index (χ0n) is 13.1. The Bertz CT molecular complexity index is 426. The number of carbonyl (C=O) groups excluding carboxylic acids is 1. The normalized spacial score (nSPS) is 24.5. The van der Waals surface area contributed by atoms with Gasteiger partial charge in [0.2, 0.25) is 5.91 Å². The second-order valence-corrected chi connectivity index (χ2v) is 6.99. The predicted octanol–water partition coefficient (Wildman–Crippen LogP) is 1.69. The molecule has 0 aromatic carbocycles. The van der Waals surface area contributed by atoms with Crippen molar-refractivity contribution in [3.8, 4) is 0 Å². The van der Waals surface area contributed by atoms with Crippen molar-refractivity contribution in [1.29, 1.82) is 0 Å². The van der Waals surface area contributed by atoms with Crippen LogP contribution in [0.2, 0.25) is 0 Å². The molecule has 0 aromatic rings. The summed E-state index contributed by atoms with van der Waals surface area (Å²) in [7, 11) is 0. The lowest BCUT2D eigenvalue weighted by Gasteiger charge is -2.36.